The monoisotopic (exact) mass is 195 g/mol. The van der Waals surface area contributed by atoms with Crippen LogP contribution in [0.4, 0.5) is 0 Å². The highest BCUT2D eigenvalue weighted by atomic mass is 16.2. The van der Waals surface area contributed by atoms with E-state index in [1.54, 1.807) is 0 Å². The number of piperidine rings is 1. The number of hydrogen-bond acceptors (Lipinski definition) is 1. The lowest BCUT2D eigenvalue weighted by Crippen LogP contribution is -2.51. The van der Waals surface area contributed by atoms with Crippen molar-refractivity contribution in [3.05, 3.63) is 0 Å². The van der Waals surface area contributed by atoms with Crippen molar-refractivity contribution in [2.24, 2.45) is 11.3 Å². The molecule has 1 amide bonds. The molecule has 0 aromatic carbocycles. The maximum atomic E-state index is 11.6. The van der Waals surface area contributed by atoms with Crippen molar-refractivity contribution in [2.75, 3.05) is 13.1 Å². The van der Waals surface area contributed by atoms with Crippen molar-refractivity contribution in [1.29, 1.82) is 0 Å². The summed E-state index contributed by atoms with van der Waals surface area (Å²) in [6.45, 7) is 6.34. The van der Waals surface area contributed by atoms with E-state index in [0.29, 0.717) is 17.7 Å². The Balaban J connectivity index is 1.94. The van der Waals surface area contributed by atoms with Crippen LogP contribution in [-0.4, -0.2) is 23.9 Å². The molecule has 2 heteroatoms. The molecule has 1 aliphatic heterocycles. The Bertz CT molecular complexity index is 225. The second-order valence-corrected chi connectivity index (χ2v) is 5.29. The Hall–Kier alpha value is -0.530. The zero-order valence-electron chi connectivity index (χ0n) is 9.38. The van der Waals surface area contributed by atoms with Crippen molar-refractivity contribution in [2.45, 2.75) is 46.0 Å². The topological polar surface area (TPSA) is 20.3 Å². The summed E-state index contributed by atoms with van der Waals surface area (Å²) in [7, 11) is 0. The minimum atomic E-state index is 0.351. The molecule has 0 unspecified atom stereocenters. The maximum absolute atomic E-state index is 11.6. The molecule has 2 nitrogen and oxygen atoms in total. The first-order valence-electron chi connectivity index (χ1n) is 5.93. The third-order valence-electron chi connectivity index (χ3n) is 3.88. The van der Waals surface area contributed by atoms with Gasteiger partial charge in [0, 0.05) is 19.5 Å². The van der Waals surface area contributed by atoms with Crippen molar-refractivity contribution >= 4 is 5.91 Å². The molecule has 0 radical (unpaired) electrons. The Morgan fingerprint density at radius 3 is 2.79 bits per heavy atom. The fraction of sp³-hybridized carbons (Fsp3) is 0.917. The van der Waals surface area contributed by atoms with E-state index in [1.165, 1.54) is 25.7 Å². The van der Waals surface area contributed by atoms with Crippen LogP contribution < -0.4 is 0 Å². The lowest BCUT2D eigenvalue weighted by atomic mass is 9.59. The van der Waals surface area contributed by atoms with Crippen LogP contribution in [0.25, 0.3) is 0 Å². The summed E-state index contributed by atoms with van der Waals surface area (Å²) in [5.41, 5.74) is 0.530. The van der Waals surface area contributed by atoms with Gasteiger partial charge in [0.2, 0.25) is 5.91 Å². The van der Waals surface area contributed by atoms with E-state index >= 15 is 0 Å². The van der Waals surface area contributed by atoms with Crippen molar-refractivity contribution in [3.8, 4) is 0 Å². The average Bonchev–Trinajstić information content (AvgIpc) is 2.15. The van der Waals surface area contributed by atoms with Gasteiger partial charge in [0.05, 0.1) is 0 Å². The Labute approximate surface area is 86.7 Å². The second-order valence-electron chi connectivity index (χ2n) is 5.29. The van der Waals surface area contributed by atoms with Crippen LogP contribution >= 0.6 is 0 Å². The number of nitrogens with zero attached hydrogens (tertiary/aromatic N) is 1. The summed E-state index contributed by atoms with van der Waals surface area (Å²) >= 11 is 0. The number of carbonyl (C=O) groups excluding carboxylic acids is 1. The minimum Gasteiger partial charge on any atom is -0.342 e. The third kappa shape index (κ3) is 1.67. The van der Waals surface area contributed by atoms with Crippen molar-refractivity contribution in [1.82, 2.24) is 4.90 Å². The number of hydrogen-bond donors (Lipinski definition) is 0. The third-order valence-corrected chi connectivity index (χ3v) is 3.88. The molecule has 0 N–H and O–H groups in total. The van der Waals surface area contributed by atoms with Crippen LogP contribution in [0.2, 0.25) is 0 Å². The highest BCUT2D eigenvalue weighted by molar-refractivity contribution is 5.76. The summed E-state index contributed by atoms with van der Waals surface area (Å²) in [6.07, 6.45) is 5.94. The van der Waals surface area contributed by atoms with Gasteiger partial charge in [-0.1, -0.05) is 13.8 Å². The first-order valence-corrected chi connectivity index (χ1v) is 5.93. The van der Waals surface area contributed by atoms with Gasteiger partial charge in [-0.25, -0.2) is 0 Å². The van der Waals surface area contributed by atoms with E-state index < -0.39 is 0 Å². The van der Waals surface area contributed by atoms with Crippen LogP contribution in [0.3, 0.4) is 0 Å². The first-order chi connectivity index (χ1) is 6.65. The van der Waals surface area contributed by atoms with Gasteiger partial charge in [-0.3, -0.25) is 4.79 Å². The van der Waals surface area contributed by atoms with Crippen LogP contribution in [0.15, 0.2) is 0 Å². The average molecular weight is 195 g/mol. The molecule has 2 aliphatic rings. The van der Waals surface area contributed by atoms with E-state index in [2.05, 4.69) is 11.8 Å². The standard InChI is InChI=1S/C12H21NO/c1-3-11(14)13-6-4-5-12(9-13)7-10(2)8-12/h10H,3-9H2,1-2H3. The summed E-state index contributed by atoms with van der Waals surface area (Å²) in [5.74, 6) is 1.25. The Kier molecular flexibility index (Phi) is 2.54. The van der Waals surface area contributed by atoms with Crippen LogP contribution in [0.1, 0.15) is 46.0 Å². The van der Waals surface area contributed by atoms with Gasteiger partial charge in [0.1, 0.15) is 0 Å². The highest BCUT2D eigenvalue weighted by Gasteiger charge is 2.45. The molecule has 1 saturated heterocycles. The lowest BCUT2D eigenvalue weighted by Gasteiger charge is -2.52. The zero-order chi connectivity index (χ0) is 10.2. The second kappa shape index (κ2) is 3.56. The summed E-state index contributed by atoms with van der Waals surface area (Å²) in [5, 5.41) is 0. The Morgan fingerprint density at radius 2 is 2.21 bits per heavy atom. The van der Waals surface area contributed by atoms with Crippen molar-refractivity contribution in [3.63, 3.8) is 0 Å². The number of amides is 1. The van der Waals surface area contributed by atoms with Crippen LogP contribution in [0.5, 0.6) is 0 Å². The Morgan fingerprint density at radius 1 is 1.50 bits per heavy atom. The molecule has 2 fully saturated rings. The molecule has 1 saturated carbocycles. The zero-order valence-corrected chi connectivity index (χ0v) is 9.38. The molecule has 0 bridgehead atoms. The van der Waals surface area contributed by atoms with Gasteiger partial charge in [0.25, 0.3) is 0 Å². The fourth-order valence-corrected chi connectivity index (χ4v) is 3.40. The van der Waals surface area contributed by atoms with Gasteiger partial charge < -0.3 is 4.90 Å². The van der Waals surface area contributed by atoms with E-state index in [4.69, 9.17) is 0 Å². The minimum absolute atomic E-state index is 0.351. The summed E-state index contributed by atoms with van der Waals surface area (Å²) in [4.78, 5) is 13.7. The predicted octanol–water partition coefficient (Wildman–Crippen LogP) is 2.44. The molecule has 80 valence electrons. The van der Waals surface area contributed by atoms with E-state index in [1.807, 2.05) is 6.92 Å². The molecule has 1 heterocycles. The van der Waals surface area contributed by atoms with Gasteiger partial charge >= 0.3 is 0 Å². The first kappa shape index (κ1) is 10.0. The normalized spacial score (nSPS) is 37.0. The van der Waals surface area contributed by atoms with Gasteiger partial charge in [-0.2, -0.15) is 0 Å². The van der Waals surface area contributed by atoms with E-state index in [9.17, 15) is 4.79 Å². The lowest BCUT2D eigenvalue weighted by molar-refractivity contribution is -0.137. The predicted molar refractivity (Wildman–Crippen MR) is 56.9 cm³/mol. The highest BCUT2D eigenvalue weighted by Crippen LogP contribution is 2.50. The molecule has 0 aromatic heterocycles. The molecular formula is C12H21NO. The molecule has 1 spiro atoms. The van der Waals surface area contributed by atoms with E-state index in [0.717, 1.165) is 19.0 Å². The molecule has 1 aliphatic carbocycles. The number of carbonyl (C=O) groups is 1. The summed E-state index contributed by atoms with van der Waals surface area (Å²) in [6, 6.07) is 0. The maximum Gasteiger partial charge on any atom is 0.222 e. The van der Waals surface area contributed by atoms with Gasteiger partial charge in [0.15, 0.2) is 0 Å². The van der Waals surface area contributed by atoms with Crippen molar-refractivity contribution < 1.29 is 4.79 Å². The number of rotatable bonds is 1. The molecule has 0 aromatic rings. The number of likely N-dealkylation sites (tertiary alicyclic amines) is 1. The van der Waals surface area contributed by atoms with Gasteiger partial charge in [-0.05, 0) is 37.0 Å². The molecule has 14 heavy (non-hydrogen) atoms. The van der Waals surface area contributed by atoms with Crippen LogP contribution in [-0.2, 0) is 4.79 Å². The molecule has 2 rings (SSSR count). The fourth-order valence-electron chi connectivity index (χ4n) is 3.40. The summed E-state index contributed by atoms with van der Waals surface area (Å²) < 4.78 is 0. The SMILES string of the molecule is CCC(=O)N1CCCC2(CC(C)C2)C1. The smallest absolute Gasteiger partial charge is 0.222 e. The van der Waals surface area contributed by atoms with Gasteiger partial charge in [-0.15, -0.1) is 0 Å². The molecule has 0 atom stereocenters. The quantitative estimate of drug-likeness (QED) is 0.629. The largest absolute Gasteiger partial charge is 0.342 e. The van der Waals surface area contributed by atoms with Crippen LogP contribution in [0, 0.1) is 11.3 Å². The van der Waals surface area contributed by atoms with E-state index in [-0.39, 0.29) is 0 Å². The molecular weight excluding hydrogens is 174 g/mol.